The van der Waals surface area contributed by atoms with Gasteiger partial charge in [0, 0.05) is 50.2 Å². The van der Waals surface area contributed by atoms with Gasteiger partial charge in [-0.25, -0.2) is 22.8 Å². The number of carbonyl (C=O) groups excluding carboxylic acids is 1. The maximum Gasteiger partial charge on any atom is 0.350 e. The summed E-state index contributed by atoms with van der Waals surface area (Å²) in [6, 6.07) is 10.2. The Bertz CT molecular complexity index is 1520. The molecule has 220 valence electrons. The van der Waals surface area contributed by atoms with Gasteiger partial charge in [0.2, 0.25) is 5.91 Å². The highest BCUT2D eigenvalue weighted by molar-refractivity contribution is 7.89. The third-order valence-corrected chi connectivity index (χ3v) is 8.50. The SMILES string of the molecule is C[C@@H]1CN(c2cccc(-c3ccc4cnc(CC(=O)N[C@H]5C[C@@H](F)CN(S(=O)(=O)C(F)F)C5)cc4n3)n2)C[C@H](C)O1. The number of morpholine rings is 1. The first kappa shape index (κ1) is 29.1. The lowest BCUT2D eigenvalue weighted by Gasteiger charge is -2.36. The van der Waals surface area contributed by atoms with Crippen molar-refractivity contribution in [2.75, 3.05) is 31.1 Å². The average molecular weight is 593 g/mol. The number of rotatable bonds is 7. The lowest BCUT2D eigenvalue weighted by Crippen LogP contribution is -2.54. The largest absolute Gasteiger partial charge is 0.372 e. The number of carbonyl (C=O) groups is 1. The Labute approximate surface area is 236 Å². The second-order valence-corrected chi connectivity index (χ2v) is 12.4. The van der Waals surface area contributed by atoms with Crippen molar-refractivity contribution in [3.05, 3.63) is 48.3 Å². The zero-order valence-electron chi connectivity index (χ0n) is 22.6. The number of hydrogen-bond donors (Lipinski definition) is 1. The van der Waals surface area contributed by atoms with Crippen molar-refractivity contribution < 1.29 is 31.1 Å². The first-order chi connectivity index (χ1) is 19.5. The van der Waals surface area contributed by atoms with Crippen LogP contribution in [-0.2, 0) is 26.0 Å². The summed E-state index contributed by atoms with van der Waals surface area (Å²) in [5.41, 5.74) is 2.32. The molecule has 0 saturated carbocycles. The van der Waals surface area contributed by atoms with Gasteiger partial charge in [0.05, 0.1) is 41.2 Å². The van der Waals surface area contributed by atoms with Crippen molar-refractivity contribution in [1.29, 1.82) is 0 Å². The van der Waals surface area contributed by atoms with E-state index in [4.69, 9.17) is 14.7 Å². The molecule has 41 heavy (non-hydrogen) atoms. The van der Waals surface area contributed by atoms with Gasteiger partial charge in [-0.3, -0.25) is 9.78 Å². The van der Waals surface area contributed by atoms with Gasteiger partial charge in [-0.05, 0) is 44.2 Å². The van der Waals surface area contributed by atoms with Crippen molar-refractivity contribution in [2.24, 2.45) is 0 Å². The highest BCUT2D eigenvalue weighted by Crippen LogP contribution is 2.25. The van der Waals surface area contributed by atoms with Crippen molar-refractivity contribution in [2.45, 2.75) is 56.9 Å². The number of alkyl halides is 3. The minimum Gasteiger partial charge on any atom is -0.372 e. The van der Waals surface area contributed by atoms with E-state index in [1.165, 1.54) is 0 Å². The molecule has 0 aliphatic carbocycles. The summed E-state index contributed by atoms with van der Waals surface area (Å²) >= 11 is 0. The maximum absolute atomic E-state index is 14.1. The Hall–Kier alpha value is -3.36. The van der Waals surface area contributed by atoms with Gasteiger partial charge in [0.15, 0.2) is 0 Å². The fourth-order valence-corrected chi connectivity index (χ4v) is 6.25. The van der Waals surface area contributed by atoms with Crippen molar-refractivity contribution in [3.8, 4) is 11.4 Å². The lowest BCUT2D eigenvalue weighted by molar-refractivity contribution is -0.121. The Kier molecular flexibility index (Phi) is 8.43. The number of piperidine rings is 1. The predicted molar refractivity (Wildman–Crippen MR) is 147 cm³/mol. The summed E-state index contributed by atoms with van der Waals surface area (Å²) in [5, 5.41) is 3.31. The van der Waals surface area contributed by atoms with Gasteiger partial charge >= 0.3 is 5.76 Å². The molecule has 0 aromatic carbocycles. The van der Waals surface area contributed by atoms with Crippen LogP contribution >= 0.6 is 0 Å². The van der Waals surface area contributed by atoms with Crippen LogP contribution in [0.4, 0.5) is 19.0 Å². The molecule has 14 heteroatoms. The van der Waals surface area contributed by atoms with Crippen LogP contribution < -0.4 is 10.2 Å². The molecule has 0 radical (unpaired) electrons. The minimum atomic E-state index is -4.95. The number of ether oxygens (including phenoxy) is 1. The first-order valence-electron chi connectivity index (χ1n) is 13.3. The molecule has 5 heterocycles. The van der Waals surface area contributed by atoms with Gasteiger partial charge in [-0.1, -0.05) is 6.07 Å². The van der Waals surface area contributed by atoms with E-state index in [2.05, 4.69) is 15.2 Å². The summed E-state index contributed by atoms with van der Waals surface area (Å²) in [6.45, 7) is 4.43. The zero-order chi connectivity index (χ0) is 29.3. The van der Waals surface area contributed by atoms with Crippen molar-refractivity contribution in [1.82, 2.24) is 24.6 Å². The monoisotopic (exact) mass is 592 g/mol. The van der Waals surface area contributed by atoms with E-state index >= 15 is 0 Å². The van der Waals surface area contributed by atoms with Crippen LogP contribution in [-0.4, -0.2) is 89.9 Å². The molecule has 10 nitrogen and oxygen atoms in total. The molecule has 2 aliphatic heterocycles. The molecule has 3 aromatic heterocycles. The Morgan fingerprint density at radius 1 is 1.07 bits per heavy atom. The summed E-state index contributed by atoms with van der Waals surface area (Å²) in [6.07, 6.45) is -0.265. The molecule has 2 aliphatic rings. The van der Waals surface area contributed by atoms with E-state index in [9.17, 15) is 26.4 Å². The fraction of sp³-hybridized carbons (Fsp3) is 0.481. The van der Waals surface area contributed by atoms with Gasteiger partial charge in [0.25, 0.3) is 10.0 Å². The quantitative estimate of drug-likeness (QED) is 0.445. The molecule has 2 fully saturated rings. The van der Waals surface area contributed by atoms with Crippen LogP contribution in [0.5, 0.6) is 0 Å². The van der Waals surface area contributed by atoms with Crippen LogP contribution in [0.3, 0.4) is 0 Å². The molecule has 1 N–H and O–H groups in total. The topological polar surface area (TPSA) is 118 Å². The van der Waals surface area contributed by atoms with Gasteiger partial charge in [-0.15, -0.1) is 0 Å². The van der Waals surface area contributed by atoms with Gasteiger partial charge in [0.1, 0.15) is 12.0 Å². The molecular weight excluding hydrogens is 561 g/mol. The van der Waals surface area contributed by atoms with Gasteiger partial charge in [-0.2, -0.15) is 13.1 Å². The van der Waals surface area contributed by atoms with Crippen LogP contribution in [0.1, 0.15) is 26.0 Å². The average Bonchev–Trinajstić information content (AvgIpc) is 2.91. The molecule has 2 saturated heterocycles. The first-order valence-corrected chi connectivity index (χ1v) is 14.8. The van der Waals surface area contributed by atoms with Crippen LogP contribution in [0.2, 0.25) is 0 Å². The maximum atomic E-state index is 14.1. The van der Waals surface area contributed by atoms with E-state index in [1.54, 1.807) is 12.3 Å². The molecule has 5 rings (SSSR count). The van der Waals surface area contributed by atoms with Crippen LogP contribution in [0.15, 0.2) is 42.6 Å². The number of anilines is 1. The standard InChI is InChI=1S/C27H31F3N6O4S/c1-16-12-35(13-17(2)40-16)25-5-3-4-22(34-25)23-7-6-18-11-31-20(9-24(18)33-23)10-26(37)32-21-8-19(28)14-36(15-21)41(38,39)27(29)30/h3-7,9,11,16-17,19,21,27H,8,10,12-15H2,1-2H3,(H,32,37)/t16-,17+,19-,21+/m1/s1. The van der Waals surface area contributed by atoms with E-state index in [0.717, 1.165) is 24.3 Å². The fourth-order valence-electron chi connectivity index (χ4n) is 5.27. The number of nitrogens with one attached hydrogen (secondary N) is 1. The number of aromatic nitrogens is 3. The number of nitrogens with zero attached hydrogens (tertiary/aromatic N) is 5. The molecule has 4 atom stereocenters. The van der Waals surface area contributed by atoms with Crippen LogP contribution in [0.25, 0.3) is 22.3 Å². The third kappa shape index (κ3) is 6.76. The minimum absolute atomic E-state index is 0.0900. The van der Waals surface area contributed by atoms with E-state index < -0.39 is 47.0 Å². The number of sulfonamides is 1. The van der Waals surface area contributed by atoms with E-state index in [0.29, 0.717) is 26.9 Å². The third-order valence-electron chi connectivity index (χ3n) is 7.03. The zero-order valence-corrected chi connectivity index (χ0v) is 23.4. The summed E-state index contributed by atoms with van der Waals surface area (Å²) < 4.78 is 69.8. The number of halogens is 3. The molecule has 1 amide bonds. The molecule has 0 bridgehead atoms. The predicted octanol–water partition coefficient (Wildman–Crippen LogP) is 2.93. The number of amides is 1. The summed E-state index contributed by atoms with van der Waals surface area (Å²) in [4.78, 5) is 28.8. The van der Waals surface area contributed by atoms with Crippen LogP contribution in [0, 0.1) is 0 Å². The number of pyridine rings is 3. The van der Waals surface area contributed by atoms with Gasteiger partial charge < -0.3 is 15.0 Å². The normalized spacial score (nSPS) is 24.1. The second kappa shape index (κ2) is 11.9. The summed E-state index contributed by atoms with van der Waals surface area (Å²) in [7, 11) is -4.95. The molecule has 0 unspecified atom stereocenters. The van der Waals surface area contributed by atoms with E-state index in [1.807, 2.05) is 44.2 Å². The highest BCUT2D eigenvalue weighted by Gasteiger charge is 2.39. The number of hydrogen-bond acceptors (Lipinski definition) is 8. The summed E-state index contributed by atoms with van der Waals surface area (Å²) in [5.74, 6) is -3.37. The Morgan fingerprint density at radius 2 is 1.80 bits per heavy atom. The smallest absolute Gasteiger partial charge is 0.350 e. The second-order valence-electron chi connectivity index (χ2n) is 10.5. The molecular formula is C27H31F3N6O4S. The van der Waals surface area contributed by atoms with Crippen molar-refractivity contribution in [3.63, 3.8) is 0 Å². The molecule has 0 spiro atoms. The number of fused-ring (bicyclic) bond motifs is 1. The highest BCUT2D eigenvalue weighted by atomic mass is 32.2. The van der Waals surface area contributed by atoms with E-state index in [-0.39, 0.29) is 25.0 Å². The molecule has 3 aromatic rings. The Balaban J connectivity index is 1.29. The Morgan fingerprint density at radius 3 is 2.54 bits per heavy atom. The van der Waals surface area contributed by atoms with Crippen molar-refractivity contribution >= 4 is 32.7 Å². The lowest BCUT2D eigenvalue weighted by atomic mass is 10.1.